The van der Waals surface area contributed by atoms with Crippen molar-refractivity contribution in [3.05, 3.63) is 12.2 Å². The predicted octanol–water partition coefficient (Wildman–Crippen LogP) is 0.214. The smallest absolute Gasteiger partial charge is 0.339 e. The summed E-state index contributed by atoms with van der Waals surface area (Å²) in [6.45, 7) is 1.61. The predicted molar refractivity (Wildman–Crippen MR) is 80.1 cm³/mol. The highest BCUT2D eigenvalue weighted by Gasteiger charge is 2.84. The van der Waals surface area contributed by atoms with Gasteiger partial charge in [-0.1, -0.05) is 12.2 Å². The van der Waals surface area contributed by atoms with Gasteiger partial charge >= 0.3 is 5.97 Å². The third kappa shape index (κ3) is 1.63. The van der Waals surface area contributed by atoms with Crippen molar-refractivity contribution >= 4 is 23.5 Å². The Morgan fingerprint density at radius 2 is 2.32 bits per heavy atom. The summed E-state index contributed by atoms with van der Waals surface area (Å²) in [5.41, 5.74) is 2.03. The summed E-state index contributed by atoms with van der Waals surface area (Å²) in [4.78, 5) is 24.7. The van der Waals surface area contributed by atoms with Gasteiger partial charge in [0.25, 0.3) is 0 Å². The van der Waals surface area contributed by atoms with E-state index in [1.165, 1.54) is 0 Å². The number of aliphatic hydroxyl groups is 1. The average Bonchev–Trinajstić information content (AvgIpc) is 2.64. The van der Waals surface area contributed by atoms with Crippen molar-refractivity contribution in [2.75, 3.05) is 5.88 Å². The number of carbonyl (C=O) groups is 2. The lowest BCUT2D eigenvalue weighted by Gasteiger charge is -2.56. The molecule has 0 saturated carbocycles. The number of carbonyl (C=O) groups excluding carboxylic acids is 2. The van der Waals surface area contributed by atoms with Crippen molar-refractivity contribution in [2.45, 2.75) is 55.4 Å². The third-order valence-electron chi connectivity index (χ3n) is 5.57. The van der Waals surface area contributed by atoms with Gasteiger partial charge in [0, 0.05) is 11.8 Å². The molecule has 0 radical (unpaired) electrons. The van der Waals surface area contributed by atoms with Crippen molar-refractivity contribution in [1.82, 2.24) is 5.32 Å². The molecule has 0 aromatic rings. The van der Waals surface area contributed by atoms with E-state index in [1.54, 1.807) is 6.92 Å². The van der Waals surface area contributed by atoms with Crippen LogP contribution in [0.15, 0.2) is 12.2 Å². The maximum absolute atomic E-state index is 12.4. The van der Waals surface area contributed by atoms with Gasteiger partial charge in [-0.05, 0) is 32.6 Å². The Morgan fingerprint density at radius 3 is 2.86 bits per heavy atom. The molecule has 6 nitrogen and oxygen atoms in total. The van der Waals surface area contributed by atoms with Crippen LogP contribution >= 0.6 is 11.6 Å². The van der Waals surface area contributed by atoms with Crippen LogP contribution in [-0.2, 0) is 14.3 Å². The Labute approximate surface area is 134 Å². The number of fused-ring (bicyclic) bond motifs is 1. The molecule has 22 heavy (non-hydrogen) atoms. The first-order chi connectivity index (χ1) is 10.3. The molecule has 2 fully saturated rings. The zero-order valence-electron chi connectivity index (χ0n) is 12.5. The molecule has 0 aromatic carbocycles. The van der Waals surface area contributed by atoms with Gasteiger partial charge in [0.1, 0.15) is 5.54 Å². The Kier molecular flexibility index (Phi) is 3.54. The summed E-state index contributed by atoms with van der Waals surface area (Å²) in [7, 11) is 0. The molecule has 5 atom stereocenters. The number of esters is 1. The number of nitrogens with two attached hydrogens (primary N) is 1. The molecule has 7 heteroatoms. The van der Waals surface area contributed by atoms with Crippen LogP contribution in [0, 0.1) is 5.92 Å². The molecule has 1 aliphatic carbocycles. The van der Waals surface area contributed by atoms with Crippen LogP contribution in [0.3, 0.4) is 0 Å². The molecule has 0 unspecified atom stereocenters. The lowest BCUT2D eigenvalue weighted by molar-refractivity contribution is -0.240. The minimum absolute atomic E-state index is 0.159. The van der Waals surface area contributed by atoms with E-state index in [1.807, 2.05) is 12.2 Å². The number of hydrogen-bond donors (Lipinski definition) is 3. The molecular formula is C15H21ClN2O4. The van der Waals surface area contributed by atoms with Crippen LogP contribution in [-0.4, -0.2) is 45.6 Å². The second kappa shape index (κ2) is 4.94. The molecule has 2 saturated heterocycles. The number of aliphatic hydroxyl groups excluding tert-OH is 1. The van der Waals surface area contributed by atoms with Gasteiger partial charge < -0.3 is 20.9 Å². The van der Waals surface area contributed by atoms with Gasteiger partial charge in [-0.25, -0.2) is 4.79 Å². The van der Waals surface area contributed by atoms with E-state index in [0.29, 0.717) is 0 Å². The quantitative estimate of drug-likeness (QED) is 0.389. The number of amides is 1. The van der Waals surface area contributed by atoms with E-state index in [0.717, 1.165) is 19.3 Å². The zero-order valence-corrected chi connectivity index (χ0v) is 13.2. The second-order valence-electron chi connectivity index (χ2n) is 6.56. The van der Waals surface area contributed by atoms with Gasteiger partial charge in [-0.2, -0.15) is 0 Å². The van der Waals surface area contributed by atoms with E-state index < -0.39 is 34.7 Å². The number of allylic oxidation sites excluding steroid dienone is 1. The number of halogens is 1. The van der Waals surface area contributed by atoms with Crippen LogP contribution in [0.2, 0.25) is 0 Å². The van der Waals surface area contributed by atoms with Crippen molar-refractivity contribution in [1.29, 1.82) is 0 Å². The number of ether oxygens (including phenoxy) is 1. The van der Waals surface area contributed by atoms with E-state index >= 15 is 0 Å². The third-order valence-corrected chi connectivity index (χ3v) is 5.76. The standard InChI is InChI=1S/C15H21ClN2O4/c1-13-14(17,7-8-16)11(20)18-15(13,12(21)22-13)10(19)9-5-3-2-4-6-9/h3,5,9-10,19H,2,4,6-8,17H2,1H3,(H,18,20)/t9-,10+,13+,14-,15+/m1/s1. The fraction of sp³-hybridized carbons (Fsp3) is 0.733. The molecule has 1 amide bonds. The SMILES string of the molecule is C[C@@]12OC(=O)[C@]1([C@@H](O)[C@@H]1C=CCCC1)NC(=O)[C@]2(N)CCCl. The van der Waals surface area contributed by atoms with Gasteiger partial charge in [0.05, 0.1) is 6.10 Å². The fourth-order valence-electron chi connectivity index (χ4n) is 4.02. The maximum Gasteiger partial charge on any atom is 0.339 e. The highest BCUT2D eigenvalue weighted by molar-refractivity contribution is 6.18. The number of hydrogen-bond acceptors (Lipinski definition) is 5. The molecule has 4 N–H and O–H groups in total. The normalized spacial score (nSPS) is 44.8. The molecule has 3 aliphatic rings. The van der Waals surface area contributed by atoms with Crippen LogP contribution in [0.1, 0.15) is 32.6 Å². The summed E-state index contributed by atoms with van der Waals surface area (Å²) < 4.78 is 5.31. The molecule has 2 aliphatic heterocycles. The first kappa shape index (κ1) is 15.8. The Bertz CT molecular complexity index is 554. The van der Waals surface area contributed by atoms with Crippen LogP contribution in [0.25, 0.3) is 0 Å². The number of nitrogens with one attached hydrogen (secondary N) is 1. The highest BCUT2D eigenvalue weighted by Crippen LogP contribution is 2.54. The van der Waals surface area contributed by atoms with E-state index in [2.05, 4.69) is 5.32 Å². The minimum atomic E-state index is -1.49. The summed E-state index contributed by atoms with van der Waals surface area (Å²) in [6.07, 6.45) is 5.63. The second-order valence-corrected chi connectivity index (χ2v) is 6.94. The highest BCUT2D eigenvalue weighted by atomic mass is 35.5. The van der Waals surface area contributed by atoms with Crippen LogP contribution < -0.4 is 11.1 Å². The number of rotatable bonds is 4. The van der Waals surface area contributed by atoms with E-state index in [-0.39, 0.29) is 18.2 Å². The summed E-state index contributed by atoms with van der Waals surface area (Å²) in [6, 6.07) is 0. The summed E-state index contributed by atoms with van der Waals surface area (Å²) in [5, 5.41) is 13.5. The average molecular weight is 329 g/mol. The van der Waals surface area contributed by atoms with Gasteiger partial charge in [-0.3, -0.25) is 4.79 Å². The fourth-order valence-corrected chi connectivity index (χ4v) is 4.31. The van der Waals surface area contributed by atoms with Gasteiger partial charge in [0.2, 0.25) is 11.4 Å². The van der Waals surface area contributed by atoms with E-state index in [4.69, 9.17) is 22.1 Å². The molecular weight excluding hydrogens is 308 g/mol. The molecule has 3 rings (SSSR count). The van der Waals surface area contributed by atoms with E-state index in [9.17, 15) is 14.7 Å². The largest absolute Gasteiger partial charge is 0.452 e. The molecule has 0 spiro atoms. The topological polar surface area (TPSA) is 102 Å². The lowest BCUT2D eigenvalue weighted by Crippen LogP contribution is -2.83. The van der Waals surface area contributed by atoms with Crippen molar-refractivity contribution in [3.8, 4) is 0 Å². The van der Waals surface area contributed by atoms with Crippen molar-refractivity contribution in [3.63, 3.8) is 0 Å². The van der Waals surface area contributed by atoms with Gasteiger partial charge in [-0.15, -0.1) is 11.6 Å². The summed E-state index contributed by atoms with van der Waals surface area (Å²) >= 11 is 5.77. The van der Waals surface area contributed by atoms with Crippen molar-refractivity contribution in [2.24, 2.45) is 11.7 Å². The first-order valence-corrected chi connectivity index (χ1v) is 8.12. The first-order valence-electron chi connectivity index (χ1n) is 7.59. The Balaban J connectivity index is 2.01. The van der Waals surface area contributed by atoms with Crippen LogP contribution in [0.4, 0.5) is 0 Å². The maximum atomic E-state index is 12.4. The summed E-state index contributed by atoms with van der Waals surface area (Å²) in [5.74, 6) is -1.18. The van der Waals surface area contributed by atoms with Crippen LogP contribution in [0.5, 0.6) is 0 Å². The molecule has 0 aromatic heterocycles. The lowest BCUT2D eigenvalue weighted by atomic mass is 9.62. The molecule has 2 heterocycles. The Hall–Kier alpha value is -1.11. The molecule has 0 bridgehead atoms. The minimum Gasteiger partial charge on any atom is -0.452 e. The molecule has 122 valence electrons. The zero-order chi connectivity index (χ0) is 16.2. The van der Waals surface area contributed by atoms with Gasteiger partial charge in [0.15, 0.2) is 5.60 Å². The van der Waals surface area contributed by atoms with Crippen molar-refractivity contribution < 1.29 is 19.4 Å². The Morgan fingerprint density at radius 1 is 1.59 bits per heavy atom. The number of alkyl halides is 1. The monoisotopic (exact) mass is 328 g/mol.